The number of carbonyl (C=O) groups excluding carboxylic acids is 2. The van der Waals surface area contributed by atoms with Gasteiger partial charge in [-0.25, -0.2) is 4.98 Å². The molecule has 1 heterocycles. The number of hydrogen-bond donors (Lipinski definition) is 1. The molecule has 0 atom stereocenters. The molecular weight excluding hydrogens is 608 g/mol. The van der Waals surface area contributed by atoms with Crippen molar-refractivity contribution in [2.24, 2.45) is 0 Å². The molecule has 0 aliphatic rings. The highest BCUT2D eigenvalue weighted by molar-refractivity contribution is 9.11. The Morgan fingerprint density at radius 1 is 0.909 bits per heavy atom. The molecule has 0 spiro atoms. The van der Waals surface area contributed by atoms with Gasteiger partial charge in [0.1, 0.15) is 0 Å². The standard InChI is InChI=1S/C19H9Br2F6N3O2S/c20-12-5-10(6-13(21)7-12)16(32)30(17-28-14(8-33-17)19(25,26)27)29-15(31)9-2-1-3-11(4-9)18(22,23)24/h1-8H,(H,29,31). The summed E-state index contributed by atoms with van der Waals surface area (Å²) in [7, 11) is 0. The number of rotatable bonds is 3. The maximum Gasteiger partial charge on any atom is 0.434 e. The van der Waals surface area contributed by atoms with E-state index in [-0.39, 0.29) is 5.56 Å². The number of alkyl halides is 6. The molecule has 2 amide bonds. The Bertz CT molecular complexity index is 1190. The highest BCUT2D eigenvalue weighted by Gasteiger charge is 2.36. The van der Waals surface area contributed by atoms with Gasteiger partial charge in [0, 0.05) is 25.5 Å². The van der Waals surface area contributed by atoms with E-state index in [4.69, 9.17) is 0 Å². The first-order valence-electron chi connectivity index (χ1n) is 8.57. The van der Waals surface area contributed by atoms with Crippen LogP contribution in [-0.4, -0.2) is 16.8 Å². The molecule has 0 saturated carbocycles. The van der Waals surface area contributed by atoms with Gasteiger partial charge in [-0.2, -0.15) is 31.4 Å². The average Bonchev–Trinajstić information content (AvgIpc) is 3.20. The second kappa shape index (κ2) is 9.43. The van der Waals surface area contributed by atoms with Gasteiger partial charge in [-0.15, -0.1) is 11.3 Å². The number of thiazole rings is 1. The molecule has 2 aromatic carbocycles. The number of aromatic nitrogens is 1. The number of halogens is 8. The minimum Gasteiger partial charge on any atom is -0.267 e. The number of benzene rings is 2. The van der Waals surface area contributed by atoms with Crippen molar-refractivity contribution >= 4 is 60.1 Å². The molecular formula is C19H9Br2F6N3O2S. The fourth-order valence-electron chi connectivity index (χ4n) is 2.49. The third kappa shape index (κ3) is 6.12. The molecule has 14 heteroatoms. The first-order chi connectivity index (χ1) is 15.3. The van der Waals surface area contributed by atoms with E-state index in [1.165, 1.54) is 12.1 Å². The SMILES string of the molecule is O=C(NN(C(=O)c1cc(Br)cc(Br)c1)c1nc(C(F)(F)F)cs1)c1cccc(C(F)(F)F)c1. The van der Waals surface area contributed by atoms with Crippen molar-refractivity contribution in [2.75, 3.05) is 5.01 Å². The minimum absolute atomic E-state index is 0.0515. The lowest BCUT2D eigenvalue weighted by Crippen LogP contribution is -2.46. The highest BCUT2D eigenvalue weighted by atomic mass is 79.9. The molecule has 0 fully saturated rings. The fourth-order valence-corrected chi connectivity index (χ4v) is 4.57. The Morgan fingerprint density at radius 3 is 2.09 bits per heavy atom. The third-order valence-corrected chi connectivity index (χ3v) is 5.69. The molecule has 174 valence electrons. The van der Waals surface area contributed by atoms with Crippen molar-refractivity contribution in [3.05, 3.63) is 79.2 Å². The van der Waals surface area contributed by atoms with E-state index < -0.39 is 46.1 Å². The van der Waals surface area contributed by atoms with E-state index in [2.05, 4.69) is 42.3 Å². The Kier molecular flexibility index (Phi) is 7.19. The summed E-state index contributed by atoms with van der Waals surface area (Å²) in [6.45, 7) is 0. The van der Waals surface area contributed by atoms with Crippen LogP contribution >= 0.6 is 43.2 Å². The summed E-state index contributed by atoms with van der Waals surface area (Å²) in [5.41, 5.74) is -0.876. The lowest BCUT2D eigenvalue weighted by atomic mass is 10.1. The van der Waals surface area contributed by atoms with Crippen LogP contribution in [0.5, 0.6) is 0 Å². The molecule has 3 rings (SSSR count). The van der Waals surface area contributed by atoms with Gasteiger partial charge in [0.15, 0.2) is 5.69 Å². The van der Waals surface area contributed by atoms with E-state index in [9.17, 15) is 35.9 Å². The molecule has 1 aromatic heterocycles. The molecule has 33 heavy (non-hydrogen) atoms. The Hall–Kier alpha value is -2.45. The Morgan fingerprint density at radius 2 is 1.55 bits per heavy atom. The van der Waals surface area contributed by atoms with Gasteiger partial charge >= 0.3 is 12.4 Å². The maximum absolute atomic E-state index is 13.1. The van der Waals surface area contributed by atoms with Crippen LogP contribution in [-0.2, 0) is 12.4 Å². The number of amides is 2. The molecule has 3 aromatic rings. The number of anilines is 1. The summed E-state index contributed by atoms with van der Waals surface area (Å²) in [6.07, 6.45) is -9.54. The van der Waals surface area contributed by atoms with Crippen LogP contribution in [0.4, 0.5) is 31.5 Å². The predicted molar refractivity (Wildman–Crippen MR) is 115 cm³/mol. The van der Waals surface area contributed by atoms with Crippen molar-refractivity contribution in [1.82, 2.24) is 10.4 Å². The van der Waals surface area contributed by atoms with Crippen molar-refractivity contribution in [3.8, 4) is 0 Å². The zero-order chi connectivity index (χ0) is 24.6. The summed E-state index contributed by atoms with van der Waals surface area (Å²) in [5.74, 6) is -2.13. The number of nitrogens with zero attached hydrogens (tertiary/aromatic N) is 2. The van der Waals surface area contributed by atoms with E-state index in [1.807, 2.05) is 0 Å². The number of nitrogens with one attached hydrogen (secondary N) is 1. The molecule has 1 N–H and O–H groups in total. The lowest BCUT2D eigenvalue weighted by molar-refractivity contribution is -0.140. The van der Waals surface area contributed by atoms with Crippen LogP contribution in [0.3, 0.4) is 0 Å². The quantitative estimate of drug-likeness (QED) is 0.263. The number of hydrazine groups is 1. The van der Waals surface area contributed by atoms with Crippen molar-refractivity contribution in [3.63, 3.8) is 0 Å². The van der Waals surface area contributed by atoms with Crippen LogP contribution < -0.4 is 10.4 Å². The van der Waals surface area contributed by atoms with Gasteiger partial charge in [0.25, 0.3) is 11.8 Å². The third-order valence-electron chi connectivity index (χ3n) is 3.95. The van der Waals surface area contributed by atoms with E-state index >= 15 is 0 Å². The van der Waals surface area contributed by atoms with Crippen LogP contribution in [0, 0.1) is 0 Å². The fraction of sp³-hybridized carbons (Fsp3) is 0.105. The average molecular weight is 617 g/mol. The smallest absolute Gasteiger partial charge is 0.267 e. The molecule has 5 nitrogen and oxygen atoms in total. The van der Waals surface area contributed by atoms with Crippen LogP contribution in [0.2, 0.25) is 0 Å². The van der Waals surface area contributed by atoms with Crippen LogP contribution in [0.1, 0.15) is 32.0 Å². The molecule has 0 aliphatic carbocycles. The van der Waals surface area contributed by atoms with E-state index in [0.717, 1.165) is 18.2 Å². The summed E-state index contributed by atoms with van der Waals surface area (Å²) in [4.78, 5) is 29.1. The van der Waals surface area contributed by atoms with Gasteiger partial charge in [-0.3, -0.25) is 15.0 Å². The van der Waals surface area contributed by atoms with Crippen molar-refractivity contribution in [2.45, 2.75) is 12.4 Å². The van der Waals surface area contributed by atoms with Crippen molar-refractivity contribution in [1.29, 1.82) is 0 Å². The maximum atomic E-state index is 13.1. The summed E-state index contributed by atoms with van der Waals surface area (Å²) in [5, 5.41) is 0.559. The second-order valence-corrected chi connectivity index (χ2v) is 9.00. The number of carbonyl (C=O) groups is 2. The van der Waals surface area contributed by atoms with Gasteiger partial charge in [0.05, 0.1) is 5.56 Å². The largest absolute Gasteiger partial charge is 0.434 e. The van der Waals surface area contributed by atoms with E-state index in [1.54, 1.807) is 6.07 Å². The molecule has 0 radical (unpaired) electrons. The summed E-state index contributed by atoms with van der Waals surface area (Å²) in [6, 6.07) is 7.62. The molecule has 0 unspecified atom stereocenters. The van der Waals surface area contributed by atoms with Gasteiger partial charge in [-0.05, 0) is 36.4 Å². The second-order valence-electron chi connectivity index (χ2n) is 6.33. The Balaban J connectivity index is 2.01. The summed E-state index contributed by atoms with van der Waals surface area (Å²) >= 11 is 6.77. The van der Waals surface area contributed by atoms with Crippen molar-refractivity contribution < 1.29 is 35.9 Å². The van der Waals surface area contributed by atoms with Gasteiger partial charge in [0.2, 0.25) is 5.13 Å². The Labute approximate surface area is 202 Å². The van der Waals surface area contributed by atoms with Crippen LogP contribution in [0.25, 0.3) is 0 Å². The normalized spacial score (nSPS) is 11.9. The first-order valence-corrected chi connectivity index (χ1v) is 11.0. The zero-order valence-electron chi connectivity index (χ0n) is 15.8. The molecule has 0 aliphatic heterocycles. The number of hydrogen-bond acceptors (Lipinski definition) is 4. The van der Waals surface area contributed by atoms with Gasteiger partial charge < -0.3 is 0 Å². The van der Waals surface area contributed by atoms with Crippen LogP contribution in [0.15, 0.2) is 56.8 Å². The highest BCUT2D eigenvalue weighted by Crippen LogP contribution is 2.34. The molecule has 0 saturated heterocycles. The van der Waals surface area contributed by atoms with E-state index in [0.29, 0.717) is 36.7 Å². The zero-order valence-corrected chi connectivity index (χ0v) is 19.8. The minimum atomic E-state index is -4.81. The van der Waals surface area contributed by atoms with Gasteiger partial charge in [-0.1, -0.05) is 37.9 Å². The summed E-state index contributed by atoms with van der Waals surface area (Å²) < 4.78 is 78.9. The lowest BCUT2D eigenvalue weighted by Gasteiger charge is -2.21. The predicted octanol–water partition coefficient (Wildman–Crippen LogP) is 6.70. The monoisotopic (exact) mass is 615 g/mol. The first kappa shape index (κ1) is 25.2. The molecule has 0 bridgehead atoms. The topological polar surface area (TPSA) is 62.3 Å².